The highest BCUT2D eigenvalue weighted by molar-refractivity contribution is 7.26. The fourth-order valence-corrected chi connectivity index (χ4v) is 6.76. The van der Waals surface area contributed by atoms with Gasteiger partial charge in [0.25, 0.3) is 0 Å². The second-order valence-corrected chi connectivity index (χ2v) is 9.74. The van der Waals surface area contributed by atoms with E-state index in [9.17, 15) is 0 Å². The SMILES string of the molecule is Cc1ccc2c(c1)sc1cc(-c3cc(C)c4c(c3)sc3ccccc34)ccc12. The van der Waals surface area contributed by atoms with E-state index in [2.05, 4.69) is 86.6 Å². The summed E-state index contributed by atoms with van der Waals surface area (Å²) >= 11 is 3.80. The number of hydrogen-bond acceptors (Lipinski definition) is 2. The molecule has 4 aromatic carbocycles. The van der Waals surface area contributed by atoms with Crippen molar-refractivity contribution in [3.05, 3.63) is 83.9 Å². The summed E-state index contributed by atoms with van der Waals surface area (Å²) < 4.78 is 5.49. The van der Waals surface area contributed by atoms with E-state index < -0.39 is 0 Å². The molecule has 0 N–H and O–H groups in total. The van der Waals surface area contributed by atoms with Gasteiger partial charge in [-0.25, -0.2) is 0 Å². The normalized spacial score (nSPS) is 11.9. The lowest BCUT2D eigenvalue weighted by atomic mass is 9.99. The van der Waals surface area contributed by atoms with E-state index in [-0.39, 0.29) is 0 Å². The molecule has 2 heteroatoms. The number of benzene rings is 4. The van der Waals surface area contributed by atoms with Gasteiger partial charge in [-0.2, -0.15) is 0 Å². The molecule has 0 radical (unpaired) electrons. The summed E-state index contributed by atoms with van der Waals surface area (Å²) in [6, 6.07) is 27.2. The highest BCUT2D eigenvalue weighted by Crippen LogP contribution is 2.40. The molecule has 0 saturated carbocycles. The zero-order chi connectivity index (χ0) is 18.8. The first-order valence-electron chi connectivity index (χ1n) is 9.52. The summed E-state index contributed by atoms with van der Waals surface area (Å²) in [4.78, 5) is 0. The maximum absolute atomic E-state index is 2.37. The fourth-order valence-electron chi connectivity index (χ4n) is 4.29. The molecular weight excluding hydrogens is 376 g/mol. The highest BCUT2D eigenvalue weighted by Gasteiger charge is 2.11. The summed E-state index contributed by atoms with van der Waals surface area (Å²) in [5.41, 5.74) is 5.30. The van der Waals surface area contributed by atoms with Gasteiger partial charge in [0, 0.05) is 40.3 Å². The third-order valence-electron chi connectivity index (χ3n) is 5.64. The Labute approximate surface area is 171 Å². The van der Waals surface area contributed by atoms with Gasteiger partial charge in [0.05, 0.1) is 0 Å². The van der Waals surface area contributed by atoms with Crippen molar-refractivity contribution in [2.75, 3.05) is 0 Å². The molecule has 28 heavy (non-hydrogen) atoms. The largest absolute Gasteiger partial charge is 0.135 e. The molecule has 0 nitrogen and oxygen atoms in total. The molecule has 0 unspecified atom stereocenters. The Balaban J connectivity index is 1.58. The fraction of sp³-hybridized carbons (Fsp3) is 0.0769. The van der Waals surface area contributed by atoms with Crippen LogP contribution in [-0.4, -0.2) is 0 Å². The molecule has 0 aliphatic rings. The van der Waals surface area contributed by atoms with Crippen molar-refractivity contribution in [2.45, 2.75) is 13.8 Å². The molecule has 0 aliphatic heterocycles. The lowest BCUT2D eigenvalue weighted by molar-refractivity contribution is 1.52. The van der Waals surface area contributed by atoms with E-state index in [4.69, 9.17) is 0 Å². The maximum atomic E-state index is 2.37. The molecule has 0 spiro atoms. The lowest BCUT2D eigenvalue weighted by Crippen LogP contribution is -1.81. The van der Waals surface area contributed by atoms with E-state index >= 15 is 0 Å². The molecule has 6 aromatic rings. The predicted octanol–water partition coefficient (Wildman–Crippen LogP) is 8.71. The summed E-state index contributed by atoms with van der Waals surface area (Å²) in [7, 11) is 0. The van der Waals surface area contributed by atoms with Crippen LogP contribution >= 0.6 is 22.7 Å². The predicted molar refractivity (Wildman–Crippen MR) is 127 cm³/mol. The van der Waals surface area contributed by atoms with Crippen LogP contribution in [-0.2, 0) is 0 Å². The maximum Gasteiger partial charge on any atom is 0.0364 e. The van der Waals surface area contributed by atoms with Crippen LogP contribution in [0.5, 0.6) is 0 Å². The topological polar surface area (TPSA) is 0 Å². The number of aryl methyl sites for hydroxylation is 2. The van der Waals surface area contributed by atoms with Gasteiger partial charge in [-0.3, -0.25) is 0 Å². The zero-order valence-electron chi connectivity index (χ0n) is 15.7. The minimum Gasteiger partial charge on any atom is -0.135 e. The first-order chi connectivity index (χ1) is 13.7. The summed E-state index contributed by atoms with van der Waals surface area (Å²) in [5.74, 6) is 0. The molecule has 2 aromatic heterocycles. The zero-order valence-corrected chi connectivity index (χ0v) is 17.4. The Morgan fingerprint density at radius 3 is 2.14 bits per heavy atom. The van der Waals surface area contributed by atoms with E-state index in [0.29, 0.717) is 0 Å². The first kappa shape index (κ1) is 16.3. The van der Waals surface area contributed by atoms with Crippen LogP contribution in [0, 0.1) is 13.8 Å². The van der Waals surface area contributed by atoms with Crippen LogP contribution < -0.4 is 0 Å². The van der Waals surface area contributed by atoms with Gasteiger partial charge in [0.15, 0.2) is 0 Å². The third kappa shape index (κ3) is 2.35. The smallest absolute Gasteiger partial charge is 0.0364 e. The molecule has 0 saturated heterocycles. The van der Waals surface area contributed by atoms with Crippen molar-refractivity contribution in [1.82, 2.24) is 0 Å². The van der Waals surface area contributed by atoms with E-state index in [1.54, 1.807) is 0 Å². The van der Waals surface area contributed by atoms with Crippen LogP contribution in [0.3, 0.4) is 0 Å². The summed E-state index contributed by atoms with van der Waals surface area (Å²) in [6.07, 6.45) is 0. The Kier molecular flexibility index (Phi) is 3.44. The van der Waals surface area contributed by atoms with Gasteiger partial charge >= 0.3 is 0 Å². The van der Waals surface area contributed by atoms with Crippen molar-refractivity contribution in [3.63, 3.8) is 0 Å². The molecular formula is C26H18S2. The number of fused-ring (bicyclic) bond motifs is 6. The second-order valence-electron chi connectivity index (χ2n) is 7.58. The molecule has 0 aliphatic carbocycles. The van der Waals surface area contributed by atoms with Crippen LogP contribution in [0.4, 0.5) is 0 Å². The molecule has 0 fully saturated rings. The molecule has 2 heterocycles. The van der Waals surface area contributed by atoms with E-state index in [1.807, 2.05) is 22.7 Å². The lowest BCUT2D eigenvalue weighted by Gasteiger charge is -2.06. The van der Waals surface area contributed by atoms with Crippen molar-refractivity contribution in [1.29, 1.82) is 0 Å². The Hall–Kier alpha value is -2.68. The van der Waals surface area contributed by atoms with E-state index in [0.717, 1.165) is 0 Å². The second kappa shape index (κ2) is 5.91. The quantitative estimate of drug-likeness (QED) is 0.261. The Morgan fingerprint density at radius 2 is 1.25 bits per heavy atom. The molecule has 134 valence electrons. The third-order valence-corrected chi connectivity index (χ3v) is 7.87. The van der Waals surface area contributed by atoms with Gasteiger partial charge in [0.1, 0.15) is 0 Å². The van der Waals surface area contributed by atoms with Gasteiger partial charge in [-0.15, -0.1) is 22.7 Å². The number of thiophene rings is 2. The van der Waals surface area contributed by atoms with Gasteiger partial charge in [0.2, 0.25) is 0 Å². The standard InChI is InChI=1S/C26H18S2/c1-15-7-9-19-20-10-8-17(13-24(20)28-23(19)11-15)18-12-16(2)26-21-5-3-4-6-22(21)27-25(26)14-18/h3-14H,1-2H3. The summed E-state index contributed by atoms with van der Waals surface area (Å²) in [5, 5.41) is 5.52. The monoisotopic (exact) mass is 394 g/mol. The number of hydrogen-bond donors (Lipinski definition) is 0. The van der Waals surface area contributed by atoms with Crippen LogP contribution in [0.15, 0.2) is 72.8 Å². The van der Waals surface area contributed by atoms with Crippen molar-refractivity contribution in [3.8, 4) is 11.1 Å². The molecule has 6 rings (SSSR count). The van der Waals surface area contributed by atoms with Crippen molar-refractivity contribution >= 4 is 63.0 Å². The molecule has 0 bridgehead atoms. The van der Waals surface area contributed by atoms with Gasteiger partial charge in [-0.05, 0) is 60.4 Å². The minimum atomic E-state index is 1.30. The highest BCUT2D eigenvalue weighted by atomic mass is 32.1. The molecule has 0 atom stereocenters. The Bertz CT molecular complexity index is 1530. The van der Waals surface area contributed by atoms with Crippen molar-refractivity contribution in [2.24, 2.45) is 0 Å². The molecule has 0 amide bonds. The first-order valence-corrected chi connectivity index (χ1v) is 11.2. The van der Waals surface area contributed by atoms with Crippen LogP contribution in [0.2, 0.25) is 0 Å². The average Bonchev–Trinajstić information content (AvgIpc) is 3.24. The van der Waals surface area contributed by atoms with Gasteiger partial charge < -0.3 is 0 Å². The van der Waals surface area contributed by atoms with Crippen LogP contribution in [0.25, 0.3) is 51.5 Å². The van der Waals surface area contributed by atoms with Crippen LogP contribution in [0.1, 0.15) is 11.1 Å². The van der Waals surface area contributed by atoms with Crippen molar-refractivity contribution < 1.29 is 0 Å². The minimum absolute atomic E-state index is 1.30. The number of rotatable bonds is 1. The van der Waals surface area contributed by atoms with Gasteiger partial charge in [-0.1, -0.05) is 48.5 Å². The average molecular weight is 395 g/mol. The Morgan fingerprint density at radius 1 is 0.536 bits per heavy atom. The van der Waals surface area contributed by atoms with E-state index in [1.165, 1.54) is 62.6 Å². The summed E-state index contributed by atoms with van der Waals surface area (Å²) in [6.45, 7) is 4.41.